The summed E-state index contributed by atoms with van der Waals surface area (Å²) in [5.41, 5.74) is 4.08. The number of nitrogens with zero attached hydrogens (tertiary/aromatic N) is 1. The molecular weight excluding hydrogens is 377 g/mol. The van der Waals surface area contributed by atoms with E-state index in [-0.39, 0.29) is 29.2 Å². The van der Waals surface area contributed by atoms with Gasteiger partial charge < -0.3 is 19.8 Å². The minimum atomic E-state index is -4.50. The molecule has 0 atom stereocenters. The standard InChI is InChI=1S/C19H21F3N2O4/c1-5-27-16(25)13-10-24(12-8-6-11(7-9-12)19(20,21)22)15(14(13)23)17(26)28-18(2,3)4/h6-10H,5,23H2,1-4H3. The maximum absolute atomic E-state index is 12.8. The topological polar surface area (TPSA) is 83.5 Å². The van der Waals surface area contributed by atoms with Crippen molar-refractivity contribution < 1.29 is 32.2 Å². The summed E-state index contributed by atoms with van der Waals surface area (Å²) < 4.78 is 49.9. The molecule has 1 aromatic carbocycles. The van der Waals surface area contributed by atoms with Gasteiger partial charge in [-0.3, -0.25) is 0 Å². The van der Waals surface area contributed by atoms with Crippen molar-refractivity contribution in [3.05, 3.63) is 47.3 Å². The van der Waals surface area contributed by atoms with Gasteiger partial charge in [-0.05, 0) is 52.0 Å². The van der Waals surface area contributed by atoms with Crippen LogP contribution >= 0.6 is 0 Å². The van der Waals surface area contributed by atoms with E-state index in [1.807, 2.05) is 0 Å². The Kier molecular flexibility index (Phi) is 5.77. The number of halogens is 3. The summed E-state index contributed by atoms with van der Waals surface area (Å²) in [5.74, 6) is -1.57. The van der Waals surface area contributed by atoms with Crippen LogP contribution in [0.1, 0.15) is 54.1 Å². The molecule has 0 aliphatic heterocycles. The molecule has 2 N–H and O–H groups in total. The lowest BCUT2D eigenvalue weighted by Crippen LogP contribution is -2.26. The average molecular weight is 398 g/mol. The summed E-state index contributed by atoms with van der Waals surface area (Å²) in [5, 5.41) is 0. The Labute approximate surface area is 160 Å². The summed E-state index contributed by atoms with van der Waals surface area (Å²) in [7, 11) is 0. The summed E-state index contributed by atoms with van der Waals surface area (Å²) in [6, 6.07) is 4.08. The lowest BCUT2D eigenvalue weighted by atomic mass is 10.2. The van der Waals surface area contributed by atoms with Gasteiger partial charge in [-0.1, -0.05) is 0 Å². The number of ether oxygens (including phenoxy) is 2. The molecule has 2 aromatic rings. The zero-order valence-electron chi connectivity index (χ0n) is 15.9. The molecule has 0 saturated carbocycles. The largest absolute Gasteiger partial charge is 0.462 e. The smallest absolute Gasteiger partial charge is 0.416 e. The summed E-state index contributed by atoms with van der Waals surface area (Å²) >= 11 is 0. The van der Waals surface area contributed by atoms with Gasteiger partial charge in [-0.25, -0.2) is 9.59 Å². The van der Waals surface area contributed by atoms with Gasteiger partial charge in [-0.2, -0.15) is 13.2 Å². The molecule has 1 heterocycles. The third-order valence-electron chi connectivity index (χ3n) is 3.60. The van der Waals surface area contributed by atoms with Crippen LogP contribution in [0, 0.1) is 0 Å². The monoisotopic (exact) mass is 398 g/mol. The zero-order valence-corrected chi connectivity index (χ0v) is 15.9. The molecule has 6 nitrogen and oxygen atoms in total. The van der Waals surface area contributed by atoms with Crippen molar-refractivity contribution in [1.82, 2.24) is 4.57 Å². The number of hydrogen-bond acceptors (Lipinski definition) is 5. The van der Waals surface area contributed by atoms with E-state index in [0.29, 0.717) is 0 Å². The van der Waals surface area contributed by atoms with E-state index in [0.717, 1.165) is 12.1 Å². The van der Waals surface area contributed by atoms with E-state index in [9.17, 15) is 22.8 Å². The minimum Gasteiger partial charge on any atom is -0.462 e. The van der Waals surface area contributed by atoms with Crippen molar-refractivity contribution >= 4 is 17.6 Å². The summed E-state index contributed by atoms with van der Waals surface area (Å²) in [4.78, 5) is 24.8. The first-order valence-corrected chi connectivity index (χ1v) is 8.44. The van der Waals surface area contributed by atoms with E-state index in [4.69, 9.17) is 15.2 Å². The average Bonchev–Trinajstić information content (AvgIpc) is 2.90. The van der Waals surface area contributed by atoms with Crippen LogP contribution in [0.15, 0.2) is 30.5 Å². The molecule has 0 bridgehead atoms. The molecule has 2 rings (SSSR count). The number of carbonyl (C=O) groups excluding carboxylic acids is 2. The first kappa shape index (κ1) is 21.3. The molecule has 0 amide bonds. The highest BCUT2D eigenvalue weighted by Crippen LogP contribution is 2.31. The number of nitrogen functional groups attached to an aromatic ring is 1. The number of anilines is 1. The second kappa shape index (κ2) is 7.57. The van der Waals surface area contributed by atoms with Crippen molar-refractivity contribution in [2.24, 2.45) is 0 Å². The third kappa shape index (κ3) is 4.65. The number of alkyl halides is 3. The summed E-state index contributed by atoms with van der Waals surface area (Å²) in [6.45, 7) is 6.65. The highest BCUT2D eigenvalue weighted by molar-refractivity contribution is 6.04. The summed E-state index contributed by atoms with van der Waals surface area (Å²) in [6.07, 6.45) is -3.26. The fourth-order valence-electron chi connectivity index (χ4n) is 2.44. The van der Waals surface area contributed by atoms with Gasteiger partial charge in [0.25, 0.3) is 0 Å². The van der Waals surface area contributed by atoms with Gasteiger partial charge >= 0.3 is 18.1 Å². The van der Waals surface area contributed by atoms with E-state index in [2.05, 4.69) is 0 Å². The quantitative estimate of drug-likeness (QED) is 0.780. The SMILES string of the molecule is CCOC(=O)c1cn(-c2ccc(C(F)(F)F)cc2)c(C(=O)OC(C)(C)C)c1N. The van der Waals surface area contributed by atoms with E-state index >= 15 is 0 Å². The maximum atomic E-state index is 12.8. The highest BCUT2D eigenvalue weighted by atomic mass is 19.4. The van der Waals surface area contributed by atoms with Gasteiger partial charge in [-0.15, -0.1) is 0 Å². The predicted molar refractivity (Wildman–Crippen MR) is 96.3 cm³/mol. The van der Waals surface area contributed by atoms with Gasteiger partial charge in [0.05, 0.1) is 17.9 Å². The Hall–Kier alpha value is -2.97. The first-order chi connectivity index (χ1) is 12.8. The number of rotatable bonds is 4. The number of benzene rings is 1. The van der Waals surface area contributed by atoms with Gasteiger partial charge in [0.2, 0.25) is 0 Å². The number of carbonyl (C=O) groups is 2. The lowest BCUT2D eigenvalue weighted by molar-refractivity contribution is -0.137. The van der Waals surface area contributed by atoms with E-state index in [1.165, 1.54) is 22.9 Å². The molecule has 1 aromatic heterocycles. The molecule has 0 aliphatic rings. The maximum Gasteiger partial charge on any atom is 0.416 e. The van der Waals surface area contributed by atoms with E-state index < -0.39 is 29.3 Å². The van der Waals surface area contributed by atoms with Gasteiger partial charge in [0, 0.05) is 11.9 Å². The predicted octanol–water partition coefficient (Wildman–Crippen LogP) is 4.21. The molecule has 152 valence electrons. The van der Waals surface area contributed by atoms with Crippen LogP contribution in [0.2, 0.25) is 0 Å². The van der Waals surface area contributed by atoms with Gasteiger partial charge in [0.1, 0.15) is 11.2 Å². The molecule has 0 saturated heterocycles. The molecule has 0 aliphatic carbocycles. The van der Waals surface area contributed by atoms with Crippen molar-refractivity contribution in [3.8, 4) is 5.69 Å². The number of hydrogen-bond donors (Lipinski definition) is 1. The van der Waals surface area contributed by atoms with Crippen molar-refractivity contribution in [2.45, 2.75) is 39.5 Å². The number of aromatic nitrogens is 1. The number of esters is 2. The Balaban J connectivity index is 2.59. The Bertz CT molecular complexity index is 878. The first-order valence-electron chi connectivity index (χ1n) is 8.44. The molecule has 0 fully saturated rings. The molecule has 28 heavy (non-hydrogen) atoms. The second-order valence-electron chi connectivity index (χ2n) is 6.94. The Morgan fingerprint density at radius 2 is 1.64 bits per heavy atom. The molecule has 0 spiro atoms. The Morgan fingerprint density at radius 1 is 1.07 bits per heavy atom. The highest BCUT2D eigenvalue weighted by Gasteiger charge is 2.31. The van der Waals surface area contributed by atoms with E-state index in [1.54, 1.807) is 27.7 Å². The van der Waals surface area contributed by atoms with Crippen molar-refractivity contribution in [3.63, 3.8) is 0 Å². The Morgan fingerprint density at radius 3 is 2.11 bits per heavy atom. The van der Waals surface area contributed by atoms with Gasteiger partial charge in [0.15, 0.2) is 5.69 Å². The molecule has 9 heteroatoms. The van der Waals surface area contributed by atoms with Crippen LogP contribution in [0.25, 0.3) is 5.69 Å². The minimum absolute atomic E-state index is 0.0809. The second-order valence-corrected chi connectivity index (χ2v) is 6.94. The zero-order chi connectivity index (χ0) is 21.3. The molecule has 0 radical (unpaired) electrons. The van der Waals surface area contributed by atoms with Crippen LogP contribution in [0.5, 0.6) is 0 Å². The van der Waals surface area contributed by atoms with Crippen molar-refractivity contribution in [1.29, 1.82) is 0 Å². The van der Waals surface area contributed by atoms with Crippen LogP contribution in [0.3, 0.4) is 0 Å². The third-order valence-corrected chi connectivity index (χ3v) is 3.60. The normalized spacial score (nSPS) is 12.0. The lowest BCUT2D eigenvalue weighted by Gasteiger charge is -2.20. The molecule has 0 unspecified atom stereocenters. The fraction of sp³-hybridized carbons (Fsp3) is 0.368. The van der Waals surface area contributed by atoms with Crippen LogP contribution in [-0.4, -0.2) is 28.7 Å². The van der Waals surface area contributed by atoms with Crippen molar-refractivity contribution in [2.75, 3.05) is 12.3 Å². The number of nitrogens with two attached hydrogens (primary N) is 1. The van der Waals surface area contributed by atoms with Crippen LogP contribution in [0.4, 0.5) is 18.9 Å². The van der Waals surface area contributed by atoms with Crippen LogP contribution in [-0.2, 0) is 15.7 Å². The fourth-order valence-corrected chi connectivity index (χ4v) is 2.44. The van der Waals surface area contributed by atoms with Crippen LogP contribution < -0.4 is 5.73 Å². The molecular formula is C19H21F3N2O4.